The lowest BCUT2D eigenvalue weighted by molar-refractivity contribution is -0.150. The molecule has 0 saturated carbocycles. The zero-order valence-corrected chi connectivity index (χ0v) is 20.8. The molecule has 1 aliphatic rings. The van der Waals surface area contributed by atoms with E-state index in [4.69, 9.17) is 13.9 Å². The SMILES string of the molecule is O=C(NCCc1ccccc1)C1=C[C@H](c2coc3ccccc3c2=O)C[C@H](OCc2ccc(CO)cc2)O1. The molecule has 0 fully saturated rings. The topological polar surface area (TPSA) is 98.0 Å². The molecule has 194 valence electrons. The van der Waals surface area contributed by atoms with Gasteiger partial charge in [-0.15, -0.1) is 0 Å². The maximum absolute atomic E-state index is 13.3. The molecule has 2 atom stereocenters. The van der Waals surface area contributed by atoms with Crippen LogP contribution in [0.25, 0.3) is 11.0 Å². The van der Waals surface area contributed by atoms with Crippen molar-refractivity contribution in [2.45, 2.75) is 38.3 Å². The van der Waals surface area contributed by atoms with Crippen LogP contribution < -0.4 is 10.7 Å². The van der Waals surface area contributed by atoms with Crippen LogP contribution in [0, 0.1) is 0 Å². The molecular weight excluding hydrogens is 482 g/mol. The standard InChI is InChI=1S/C31H29NO6/c33-18-22-10-12-23(13-11-22)19-37-29-17-24(26-20-36-27-9-5-4-8-25(27)30(26)34)16-28(38-29)31(35)32-15-14-21-6-2-1-3-7-21/h1-13,16,20,24,29,33H,14-15,17-19H2,(H,32,35)/t24-,29+/m0/s1. The molecule has 38 heavy (non-hydrogen) atoms. The number of aliphatic hydroxyl groups is 1. The summed E-state index contributed by atoms with van der Waals surface area (Å²) in [6.07, 6.45) is 3.42. The zero-order valence-electron chi connectivity index (χ0n) is 20.8. The van der Waals surface area contributed by atoms with Crippen molar-refractivity contribution < 1.29 is 23.8 Å². The number of ether oxygens (including phenoxy) is 2. The highest BCUT2D eigenvalue weighted by atomic mass is 16.7. The van der Waals surface area contributed by atoms with Crippen molar-refractivity contribution in [1.29, 1.82) is 0 Å². The highest BCUT2D eigenvalue weighted by molar-refractivity contribution is 5.91. The Labute approximate surface area is 220 Å². The van der Waals surface area contributed by atoms with Gasteiger partial charge in [-0.25, -0.2) is 0 Å². The van der Waals surface area contributed by atoms with E-state index in [1.54, 1.807) is 24.3 Å². The summed E-state index contributed by atoms with van der Waals surface area (Å²) in [5.41, 5.74) is 3.64. The van der Waals surface area contributed by atoms with Crippen LogP contribution >= 0.6 is 0 Å². The predicted molar refractivity (Wildman–Crippen MR) is 143 cm³/mol. The van der Waals surface area contributed by atoms with Gasteiger partial charge < -0.3 is 24.3 Å². The fraction of sp³-hybridized carbons (Fsp3) is 0.226. The van der Waals surface area contributed by atoms with E-state index in [0.717, 1.165) is 16.7 Å². The van der Waals surface area contributed by atoms with Crippen LogP contribution in [0.4, 0.5) is 0 Å². The second-order valence-electron chi connectivity index (χ2n) is 9.21. The largest absolute Gasteiger partial charge is 0.464 e. The van der Waals surface area contributed by atoms with Crippen LogP contribution in [0.2, 0.25) is 0 Å². The summed E-state index contributed by atoms with van der Waals surface area (Å²) in [4.78, 5) is 26.4. The summed E-state index contributed by atoms with van der Waals surface area (Å²) in [5, 5.41) is 12.7. The third-order valence-electron chi connectivity index (χ3n) is 6.57. The number of hydrogen-bond acceptors (Lipinski definition) is 6. The minimum Gasteiger partial charge on any atom is -0.464 e. The third kappa shape index (κ3) is 6.02. The molecule has 3 aromatic carbocycles. The number of rotatable bonds is 9. The summed E-state index contributed by atoms with van der Waals surface area (Å²) in [7, 11) is 0. The van der Waals surface area contributed by atoms with Gasteiger partial charge in [0.25, 0.3) is 5.91 Å². The lowest BCUT2D eigenvalue weighted by atomic mass is 9.93. The zero-order chi connectivity index (χ0) is 26.3. The number of fused-ring (bicyclic) bond motifs is 1. The Morgan fingerprint density at radius 3 is 2.47 bits per heavy atom. The molecule has 0 saturated heterocycles. The van der Waals surface area contributed by atoms with Crippen LogP contribution in [0.15, 0.2) is 106 Å². The summed E-state index contributed by atoms with van der Waals surface area (Å²) in [6, 6.07) is 24.4. The lowest BCUT2D eigenvalue weighted by Crippen LogP contribution is -2.34. The van der Waals surface area contributed by atoms with Gasteiger partial charge in [0.15, 0.2) is 11.2 Å². The molecule has 0 bridgehead atoms. The van der Waals surface area contributed by atoms with Gasteiger partial charge in [-0.2, -0.15) is 0 Å². The molecule has 2 heterocycles. The van der Waals surface area contributed by atoms with Crippen LogP contribution in [0.1, 0.15) is 34.6 Å². The highest BCUT2D eigenvalue weighted by Crippen LogP contribution is 2.31. The van der Waals surface area contributed by atoms with Gasteiger partial charge in [-0.05, 0) is 41.3 Å². The van der Waals surface area contributed by atoms with Gasteiger partial charge in [0.1, 0.15) is 5.58 Å². The van der Waals surface area contributed by atoms with Crippen molar-refractivity contribution in [2.24, 2.45) is 0 Å². The average molecular weight is 512 g/mol. The molecule has 4 aromatic rings. The van der Waals surface area contributed by atoms with E-state index >= 15 is 0 Å². The molecule has 1 aromatic heterocycles. The molecule has 0 unspecified atom stereocenters. The maximum Gasteiger partial charge on any atom is 0.286 e. The van der Waals surface area contributed by atoms with Gasteiger partial charge in [-0.3, -0.25) is 9.59 Å². The number of nitrogens with one attached hydrogen (secondary N) is 1. The number of para-hydroxylation sites is 1. The van der Waals surface area contributed by atoms with Gasteiger partial charge in [0.2, 0.25) is 6.29 Å². The number of carbonyl (C=O) groups is 1. The molecule has 0 radical (unpaired) electrons. The first-order chi connectivity index (χ1) is 18.6. The quantitative estimate of drug-likeness (QED) is 0.342. The summed E-state index contributed by atoms with van der Waals surface area (Å²) in [6.45, 7) is 0.657. The molecular formula is C31H29NO6. The molecule has 7 nitrogen and oxygen atoms in total. The van der Waals surface area contributed by atoms with Crippen LogP contribution in [0.3, 0.4) is 0 Å². The summed E-state index contributed by atoms with van der Waals surface area (Å²) in [5.74, 6) is -0.680. The molecule has 7 heteroatoms. The fourth-order valence-corrected chi connectivity index (χ4v) is 4.47. The van der Waals surface area contributed by atoms with Gasteiger partial charge in [0, 0.05) is 24.4 Å². The second kappa shape index (κ2) is 11.9. The monoisotopic (exact) mass is 511 g/mol. The summed E-state index contributed by atoms with van der Waals surface area (Å²) < 4.78 is 17.7. The Morgan fingerprint density at radius 1 is 0.947 bits per heavy atom. The number of amides is 1. The van der Waals surface area contributed by atoms with E-state index in [0.29, 0.717) is 35.9 Å². The van der Waals surface area contributed by atoms with Crippen molar-refractivity contribution in [3.8, 4) is 0 Å². The number of hydrogen-bond donors (Lipinski definition) is 2. The minimum atomic E-state index is -0.747. The Hall–Kier alpha value is -4.20. The van der Waals surface area contributed by atoms with Crippen molar-refractivity contribution in [3.63, 3.8) is 0 Å². The van der Waals surface area contributed by atoms with E-state index in [9.17, 15) is 14.7 Å². The molecule has 1 amide bonds. The van der Waals surface area contributed by atoms with E-state index in [1.165, 1.54) is 6.26 Å². The van der Waals surface area contributed by atoms with Crippen LogP contribution in [-0.4, -0.2) is 23.8 Å². The molecule has 1 aliphatic heterocycles. The Morgan fingerprint density at radius 2 is 1.68 bits per heavy atom. The molecule has 2 N–H and O–H groups in total. The number of aliphatic hydroxyl groups excluding tert-OH is 1. The van der Waals surface area contributed by atoms with Gasteiger partial charge in [0.05, 0.1) is 24.9 Å². The molecule has 5 rings (SSSR count). The van der Waals surface area contributed by atoms with E-state index in [-0.39, 0.29) is 30.3 Å². The number of benzene rings is 3. The van der Waals surface area contributed by atoms with Crippen molar-refractivity contribution in [3.05, 3.63) is 129 Å². The third-order valence-corrected chi connectivity index (χ3v) is 6.57. The first-order valence-electron chi connectivity index (χ1n) is 12.6. The first-order valence-corrected chi connectivity index (χ1v) is 12.6. The number of allylic oxidation sites excluding steroid dienone is 1. The van der Waals surface area contributed by atoms with E-state index in [2.05, 4.69) is 5.32 Å². The Kier molecular flexibility index (Phi) is 7.97. The van der Waals surface area contributed by atoms with Crippen molar-refractivity contribution in [1.82, 2.24) is 5.32 Å². The number of carbonyl (C=O) groups excluding carboxylic acids is 1. The van der Waals surface area contributed by atoms with Gasteiger partial charge in [-0.1, -0.05) is 66.7 Å². The van der Waals surface area contributed by atoms with Crippen molar-refractivity contribution in [2.75, 3.05) is 6.54 Å². The van der Waals surface area contributed by atoms with Gasteiger partial charge >= 0.3 is 0 Å². The highest BCUT2D eigenvalue weighted by Gasteiger charge is 2.30. The maximum atomic E-state index is 13.3. The lowest BCUT2D eigenvalue weighted by Gasteiger charge is -2.29. The van der Waals surface area contributed by atoms with Crippen molar-refractivity contribution >= 4 is 16.9 Å². The smallest absolute Gasteiger partial charge is 0.286 e. The van der Waals surface area contributed by atoms with E-state index < -0.39 is 12.2 Å². The Bertz CT molecular complexity index is 1480. The fourth-order valence-electron chi connectivity index (χ4n) is 4.47. The van der Waals surface area contributed by atoms with Crippen LogP contribution in [-0.2, 0) is 33.9 Å². The normalized spacial score (nSPS) is 17.0. The Balaban J connectivity index is 1.35. The minimum absolute atomic E-state index is 0.0313. The summed E-state index contributed by atoms with van der Waals surface area (Å²) >= 11 is 0. The first kappa shape index (κ1) is 25.4. The molecule has 0 aliphatic carbocycles. The van der Waals surface area contributed by atoms with E-state index in [1.807, 2.05) is 60.7 Å². The predicted octanol–water partition coefficient (Wildman–Crippen LogP) is 4.57. The molecule has 0 spiro atoms. The van der Waals surface area contributed by atoms with Crippen LogP contribution in [0.5, 0.6) is 0 Å². The second-order valence-corrected chi connectivity index (χ2v) is 9.21. The average Bonchev–Trinajstić information content (AvgIpc) is 2.97.